The van der Waals surface area contributed by atoms with E-state index in [9.17, 15) is 18.0 Å². The summed E-state index contributed by atoms with van der Waals surface area (Å²) in [6, 6.07) is 12.2. The second-order valence-corrected chi connectivity index (χ2v) is 9.20. The van der Waals surface area contributed by atoms with Crippen molar-refractivity contribution in [2.75, 3.05) is 6.54 Å². The molecular formula is C22H26N2O4S. The monoisotopic (exact) mass is 414 g/mol. The minimum Gasteiger partial charge on any atom is -0.349 e. The van der Waals surface area contributed by atoms with E-state index in [2.05, 4.69) is 11.4 Å². The first-order chi connectivity index (χ1) is 13.8. The fourth-order valence-electron chi connectivity index (χ4n) is 3.72. The van der Waals surface area contributed by atoms with Gasteiger partial charge in [0.15, 0.2) is 0 Å². The Morgan fingerprint density at radius 1 is 1.14 bits per heavy atom. The van der Waals surface area contributed by atoms with Gasteiger partial charge in [-0.15, -0.1) is 0 Å². The minimum absolute atomic E-state index is 0.0103. The molecule has 29 heavy (non-hydrogen) atoms. The molecule has 3 rings (SSSR count). The van der Waals surface area contributed by atoms with Gasteiger partial charge in [0.2, 0.25) is 5.91 Å². The first-order valence-corrected chi connectivity index (χ1v) is 11.2. The van der Waals surface area contributed by atoms with Crippen molar-refractivity contribution in [3.05, 3.63) is 64.7 Å². The van der Waals surface area contributed by atoms with Crippen molar-refractivity contribution >= 4 is 21.8 Å². The van der Waals surface area contributed by atoms with E-state index in [4.69, 9.17) is 0 Å². The zero-order valence-corrected chi connectivity index (χ0v) is 17.8. The Morgan fingerprint density at radius 2 is 1.86 bits per heavy atom. The van der Waals surface area contributed by atoms with Crippen molar-refractivity contribution in [1.82, 2.24) is 9.62 Å². The van der Waals surface area contributed by atoms with Gasteiger partial charge in [-0.2, -0.15) is 0 Å². The number of amides is 2. The number of sulfonamides is 1. The second-order valence-electron chi connectivity index (χ2n) is 7.37. The Kier molecular flexibility index (Phi) is 6.07. The van der Waals surface area contributed by atoms with Gasteiger partial charge in [0, 0.05) is 13.0 Å². The molecule has 0 unspecified atom stereocenters. The van der Waals surface area contributed by atoms with E-state index in [1.54, 1.807) is 12.1 Å². The number of hydrogen-bond acceptors (Lipinski definition) is 4. The summed E-state index contributed by atoms with van der Waals surface area (Å²) in [5, 5.41) is 3.03. The number of aryl methyl sites for hydroxylation is 2. The summed E-state index contributed by atoms with van der Waals surface area (Å²) < 4.78 is 26.0. The summed E-state index contributed by atoms with van der Waals surface area (Å²) in [5.74, 6) is -0.680. The first-order valence-electron chi connectivity index (χ1n) is 9.78. The van der Waals surface area contributed by atoms with Crippen LogP contribution in [0.5, 0.6) is 0 Å². The number of fused-ring (bicyclic) bond motifs is 1. The standard InChI is InChI=1S/C22H26N2O4S/c1-4-19(17-12-11-15(2)14-16(17)3)23-21(25)10-7-13-24-22(26)18-8-5-6-9-20(18)29(24,27)28/h5-6,8-9,11-12,14,19H,4,7,10,13H2,1-3H3,(H,23,25)/t19-/m1/s1. The van der Waals surface area contributed by atoms with Crippen LogP contribution in [0.2, 0.25) is 0 Å². The van der Waals surface area contributed by atoms with Gasteiger partial charge in [-0.3, -0.25) is 9.59 Å². The predicted molar refractivity (Wildman–Crippen MR) is 111 cm³/mol. The molecule has 0 aromatic heterocycles. The SMILES string of the molecule is CC[C@@H](NC(=O)CCCN1C(=O)c2ccccc2S1(=O)=O)c1ccc(C)cc1C. The topological polar surface area (TPSA) is 83.6 Å². The van der Waals surface area contributed by atoms with Crippen molar-refractivity contribution in [3.63, 3.8) is 0 Å². The normalized spacial score (nSPS) is 15.8. The number of hydrogen-bond donors (Lipinski definition) is 1. The van der Waals surface area contributed by atoms with Gasteiger partial charge in [-0.25, -0.2) is 12.7 Å². The lowest BCUT2D eigenvalue weighted by Crippen LogP contribution is -2.33. The maximum atomic E-state index is 12.5. The predicted octanol–water partition coefficient (Wildman–Crippen LogP) is 3.50. The van der Waals surface area contributed by atoms with Crippen molar-refractivity contribution in [1.29, 1.82) is 0 Å². The average molecular weight is 415 g/mol. The van der Waals surface area contributed by atoms with E-state index in [1.807, 2.05) is 32.9 Å². The first kappa shape index (κ1) is 21.0. The van der Waals surface area contributed by atoms with Crippen LogP contribution in [0.15, 0.2) is 47.4 Å². The molecular weight excluding hydrogens is 388 g/mol. The van der Waals surface area contributed by atoms with Crippen LogP contribution in [-0.2, 0) is 14.8 Å². The van der Waals surface area contributed by atoms with Crippen LogP contribution < -0.4 is 5.32 Å². The molecule has 0 aliphatic carbocycles. The lowest BCUT2D eigenvalue weighted by Gasteiger charge is -2.20. The maximum Gasteiger partial charge on any atom is 0.269 e. The molecule has 1 atom stereocenters. The largest absolute Gasteiger partial charge is 0.349 e. The second kappa shape index (κ2) is 8.37. The smallest absolute Gasteiger partial charge is 0.269 e. The van der Waals surface area contributed by atoms with Gasteiger partial charge in [-0.1, -0.05) is 42.8 Å². The molecule has 0 saturated heterocycles. The fraction of sp³-hybridized carbons (Fsp3) is 0.364. The molecule has 1 heterocycles. The Balaban J connectivity index is 1.59. The Hall–Kier alpha value is -2.67. The number of carbonyl (C=O) groups excluding carboxylic acids is 2. The van der Waals surface area contributed by atoms with Gasteiger partial charge >= 0.3 is 0 Å². The molecule has 2 amide bonds. The van der Waals surface area contributed by atoms with Crippen LogP contribution in [0.4, 0.5) is 0 Å². The van der Waals surface area contributed by atoms with E-state index in [1.165, 1.54) is 17.7 Å². The molecule has 0 saturated carbocycles. The Morgan fingerprint density at radius 3 is 2.52 bits per heavy atom. The summed E-state index contributed by atoms with van der Waals surface area (Å²) in [4.78, 5) is 24.9. The molecule has 2 aromatic rings. The molecule has 1 aliphatic rings. The summed E-state index contributed by atoms with van der Waals surface area (Å²) in [6.07, 6.45) is 1.18. The fourth-order valence-corrected chi connectivity index (χ4v) is 5.33. The highest BCUT2D eigenvalue weighted by Crippen LogP contribution is 2.30. The van der Waals surface area contributed by atoms with E-state index in [-0.39, 0.29) is 41.8 Å². The van der Waals surface area contributed by atoms with Crippen LogP contribution in [0.3, 0.4) is 0 Å². The third-order valence-electron chi connectivity index (χ3n) is 5.22. The van der Waals surface area contributed by atoms with Crippen LogP contribution in [-0.4, -0.2) is 31.1 Å². The number of carbonyl (C=O) groups is 2. The molecule has 154 valence electrons. The molecule has 1 N–H and O–H groups in total. The van der Waals surface area contributed by atoms with E-state index >= 15 is 0 Å². The zero-order chi connectivity index (χ0) is 21.2. The van der Waals surface area contributed by atoms with Gasteiger partial charge in [-0.05, 0) is 49.9 Å². The highest BCUT2D eigenvalue weighted by Gasteiger charge is 2.40. The quantitative estimate of drug-likeness (QED) is 0.752. The average Bonchev–Trinajstić information content (AvgIpc) is 2.87. The molecule has 6 nitrogen and oxygen atoms in total. The van der Waals surface area contributed by atoms with Crippen molar-refractivity contribution in [2.24, 2.45) is 0 Å². The maximum absolute atomic E-state index is 12.5. The van der Waals surface area contributed by atoms with Crippen LogP contribution >= 0.6 is 0 Å². The highest BCUT2D eigenvalue weighted by molar-refractivity contribution is 7.90. The van der Waals surface area contributed by atoms with Crippen molar-refractivity contribution in [3.8, 4) is 0 Å². The third-order valence-corrected chi connectivity index (χ3v) is 7.06. The third kappa shape index (κ3) is 4.19. The zero-order valence-electron chi connectivity index (χ0n) is 16.9. The lowest BCUT2D eigenvalue weighted by atomic mass is 9.97. The van der Waals surface area contributed by atoms with Gasteiger partial charge in [0.1, 0.15) is 4.90 Å². The highest BCUT2D eigenvalue weighted by atomic mass is 32.2. The number of benzene rings is 2. The van der Waals surface area contributed by atoms with E-state index < -0.39 is 15.9 Å². The van der Waals surface area contributed by atoms with Crippen LogP contribution in [0.25, 0.3) is 0 Å². The number of rotatable bonds is 7. The molecule has 0 fully saturated rings. The van der Waals surface area contributed by atoms with Crippen molar-refractivity contribution in [2.45, 2.75) is 51.0 Å². The summed E-state index contributed by atoms with van der Waals surface area (Å²) in [7, 11) is -3.82. The van der Waals surface area contributed by atoms with Crippen LogP contribution in [0.1, 0.15) is 59.3 Å². The summed E-state index contributed by atoms with van der Waals surface area (Å²) in [6.45, 7) is 6.06. The lowest BCUT2D eigenvalue weighted by molar-refractivity contribution is -0.122. The molecule has 0 bridgehead atoms. The van der Waals surface area contributed by atoms with Gasteiger partial charge in [0.25, 0.3) is 15.9 Å². The molecule has 1 aliphatic heterocycles. The summed E-state index contributed by atoms with van der Waals surface area (Å²) in [5.41, 5.74) is 3.57. The van der Waals surface area contributed by atoms with Gasteiger partial charge < -0.3 is 5.32 Å². The molecule has 0 spiro atoms. The number of nitrogens with one attached hydrogen (secondary N) is 1. The molecule has 2 aromatic carbocycles. The molecule has 0 radical (unpaired) electrons. The summed E-state index contributed by atoms with van der Waals surface area (Å²) >= 11 is 0. The Labute approximate surface area is 172 Å². The minimum atomic E-state index is -3.82. The number of nitrogens with zero attached hydrogens (tertiary/aromatic N) is 1. The van der Waals surface area contributed by atoms with E-state index in [0.29, 0.717) is 0 Å². The molecule has 7 heteroatoms. The van der Waals surface area contributed by atoms with E-state index in [0.717, 1.165) is 21.9 Å². The van der Waals surface area contributed by atoms with Gasteiger partial charge in [0.05, 0.1) is 11.6 Å². The van der Waals surface area contributed by atoms with Crippen molar-refractivity contribution < 1.29 is 18.0 Å². The van der Waals surface area contributed by atoms with Crippen LogP contribution in [0, 0.1) is 13.8 Å². The Bertz CT molecular complexity index is 1050.